The molecule has 2 aromatic rings. The molecule has 1 saturated heterocycles. The summed E-state index contributed by atoms with van der Waals surface area (Å²) in [4.78, 5) is 0. The fourth-order valence-electron chi connectivity index (χ4n) is 2.46. The van der Waals surface area contributed by atoms with Crippen LogP contribution in [0, 0.1) is 17.1 Å². The number of halogens is 1. The zero-order valence-corrected chi connectivity index (χ0v) is 12.7. The lowest BCUT2D eigenvalue weighted by atomic mass is 10.2. The Bertz CT molecular complexity index is 674. The minimum Gasteiger partial charge on any atom is -0.376 e. The van der Waals surface area contributed by atoms with E-state index >= 15 is 0 Å². The van der Waals surface area contributed by atoms with Gasteiger partial charge in [0.15, 0.2) is 11.0 Å². The van der Waals surface area contributed by atoms with Crippen LogP contribution in [0.5, 0.6) is 0 Å². The highest BCUT2D eigenvalue weighted by molar-refractivity contribution is 7.99. The van der Waals surface area contributed by atoms with E-state index in [-0.39, 0.29) is 11.9 Å². The van der Waals surface area contributed by atoms with E-state index in [1.165, 1.54) is 23.9 Å². The number of hydrogen-bond acceptors (Lipinski definition) is 5. The third-order valence-electron chi connectivity index (χ3n) is 3.50. The van der Waals surface area contributed by atoms with Crippen molar-refractivity contribution in [3.63, 3.8) is 0 Å². The van der Waals surface area contributed by atoms with Crippen molar-refractivity contribution in [3.8, 4) is 17.5 Å². The van der Waals surface area contributed by atoms with Crippen LogP contribution in [-0.2, 0) is 11.3 Å². The van der Waals surface area contributed by atoms with Crippen molar-refractivity contribution in [1.82, 2.24) is 14.8 Å². The molecule has 7 heteroatoms. The van der Waals surface area contributed by atoms with Gasteiger partial charge < -0.3 is 4.74 Å². The van der Waals surface area contributed by atoms with Gasteiger partial charge in [0.1, 0.15) is 5.82 Å². The highest BCUT2D eigenvalue weighted by Gasteiger charge is 2.21. The van der Waals surface area contributed by atoms with Crippen LogP contribution in [-0.4, -0.2) is 33.2 Å². The summed E-state index contributed by atoms with van der Waals surface area (Å²) in [5, 5.41) is 17.8. The summed E-state index contributed by atoms with van der Waals surface area (Å²) in [6.45, 7) is 1.42. The summed E-state index contributed by atoms with van der Waals surface area (Å²) < 4.78 is 20.7. The molecular weight excluding hydrogens is 303 g/mol. The molecule has 1 aromatic carbocycles. The van der Waals surface area contributed by atoms with Gasteiger partial charge in [0, 0.05) is 12.2 Å². The van der Waals surface area contributed by atoms with Crippen molar-refractivity contribution >= 4 is 11.8 Å². The van der Waals surface area contributed by atoms with E-state index in [9.17, 15) is 4.39 Å². The molecule has 22 heavy (non-hydrogen) atoms. The van der Waals surface area contributed by atoms with Crippen molar-refractivity contribution in [2.45, 2.75) is 30.6 Å². The number of nitrogens with zero attached hydrogens (tertiary/aromatic N) is 4. The molecule has 0 saturated carbocycles. The normalized spacial score (nSPS) is 17.5. The van der Waals surface area contributed by atoms with Crippen LogP contribution in [0.1, 0.15) is 12.8 Å². The predicted octanol–water partition coefficient (Wildman–Crippen LogP) is 2.88. The summed E-state index contributed by atoms with van der Waals surface area (Å²) in [5.74, 6) is 0.705. The summed E-state index contributed by atoms with van der Waals surface area (Å²) in [5.41, 5.74) is 0.802. The molecule has 3 rings (SSSR count). The lowest BCUT2D eigenvalue weighted by Crippen LogP contribution is -2.16. The molecule has 1 aliphatic heterocycles. The SMILES string of the molecule is N#CCSc1nnc(-c2ccc(F)cc2)n1C[C@H]1CCCO1. The Morgan fingerprint density at radius 3 is 2.86 bits per heavy atom. The van der Waals surface area contributed by atoms with Crippen molar-refractivity contribution < 1.29 is 9.13 Å². The molecule has 0 radical (unpaired) electrons. The van der Waals surface area contributed by atoms with Crippen molar-refractivity contribution in [2.75, 3.05) is 12.4 Å². The maximum atomic E-state index is 13.1. The van der Waals surface area contributed by atoms with Crippen LogP contribution in [0.4, 0.5) is 4.39 Å². The van der Waals surface area contributed by atoms with Gasteiger partial charge in [0.05, 0.1) is 24.5 Å². The number of ether oxygens (including phenoxy) is 1. The molecule has 1 fully saturated rings. The van der Waals surface area contributed by atoms with Crippen LogP contribution >= 0.6 is 11.8 Å². The Balaban J connectivity index is 1.92. The molecule has 0 unspecified atom stereocenters. The van der Waals surface area contributed by atoms with E-state index in [0.717, 1.165) is 25.0 Å². The van der Waals surface area contributed by atoms with Gasteiger partial charge in [0.2, 0.25) is 0 Å². The van der Waals surface area contributed by atoms with Crippen molar-refractivity contribution in [2.24, 2.45) is 0 Å². The minimum atomic E-state index is -0.284. The zero-order chi connectivity index (χ0) is 15.4. The summed E-state index contributed by atoms with van der Waals surface area (Å²) in [7, 11) is 0. The number of aromatic nitrogens is 3. The second-order valence-electron chi connectivity index (χ2n) is 5.01. The highest BCUT2D eigenvalue weighted by Crippen LogP contribution is 2.26. The third kappa shape index (κ3) is 3.29. The first kappa shape index (κ1) is 15.0. The maximum Gasteiger partial charge on any atom is 0.192 e. The molecule has 114 valence electrons. The average Bonchev–Trinajstić information content (AvgIpc) is 3.17. The van der Waals surface area contributed by atoms with Gasteiger partial charge in [-0.05, 0) is 37.1 Å². The Kier molecular flexibility index (Phi) is 4.71. The van der Waals surface area contributed by atoms with Crippen LogP contribution in [0.2, 0.25) is 0 Å². The molecule has 0 amide bonds. The van der Waals surface area contributed by atoms with E-state index in [1.807, 2.05) is 4.57 Å². The van der Waals surface area contributed by atoms with Crippen LogP contribution in [0.25, 0.3) is 11.4 Å². The van der Waals surface area contributed by atoms with Gasteiger partial charge in [0.25, 0.3) is 0 Å². The lowest BCUT2D eigenvalue weighted by Gasteiger charge is -2.14. The van der Waals surface area contributed by atoms with Crippen LogP contribution in [0.3, 0.4) is 0 Å². The number of thioether (sulfide) groups is 1. The Hall–Kier alpha value is -1.91. The molecule has 1 aliphatic rings. The standard InChI is InChI=1S/C15H15FN4OS/c16-12-5-3-11(4-6-12)14-18-19-15(22-9-7-17)20(14)10-13-2-1-8-21-13/h3-6,13H,1-2,8-10H2/t13-/m1/s1. The van der Waals surface area contributed by atoms with Crippen LogP contribution < -0.4 is 0 Å². The van der Waals surface area contributed by atoms with E-state index < -0.39 is 0 Å². The van der Waals surface area contributed by atoms with Crippen molar-refractivity contribution in [3.05, 3.63) is 30.1 Å². The molecule has 5 nitrogen and oxygen atoms in total. The average molecular weight is 318 g/mol. The fraction of sp³-hybridized carbons (Fsp3) is 0.400. The second kappa shape index (κ2) is 6.90. The Morgan fingerprint density at radius 2 is 2.18 bits per heavy atom. The van der Waals surface area contributed by atoms with E-state index in [1.54, 1.807) is 12.1 Å². The molecule has 1 aromatic heterocycles. The largest absolute Gasteiger partial charge is 0.376 e. The first-order valence-electron chi connectivity index (χ1n) is 7.08. The first-order chi connectivity index (χ1) is 10.8. The molecule has 0 bridgehead atoms. The number of benzene rings is 1. The van der Waals surface area contributed by atoms with E-state index in [2.05, 4.69) is 16.3 Å². The molecule has 2 heterocycles. The van der Waals surface area contributed by atoms with Gasteiger partial charge in [-0.2, -0.15) is 5.26 Å². The monoisotopic (exact) mass is 318 g/mol. The van der Waals surface area contributed by atoms with Gasteiger partial charge in [-0.3, -0.25) is 4.57 Å². The summed E-state index contributed by atoms with van der Waals surface area (Å²) in [6.07, 6.45) is 2.19. The predicted molar refractivity (Wildman–Crippen MR) is 80.7 cm³/mol. The lowest BCUT2D eigenvalue weighted by molar-refractivity contribution is 0.0953. The molecule has 0 N–H and O–H groups in total. The van der Waals surface area contributed by atoms with Gasteiger partial charge in [-0.15, -0.1) is 10.2 Å². The maximum absolute atomic E-state index is 13.1. The summed E-state index contributed by atoms with van der Waals surface area (Å²) >= 11 is 1.35. The zero-order valence-electron chi connectivity index (χ0n) is 11.9. The van der Waals surface area contributed by atoms with Gasteiger partial charge in [-0.1, -0.05) is 11.8 Å². The summed E-state index contributed by atoms with van der Waals surface area (Å²) in [6, 6.07) is 8.27. The van der Waals surface area contributed by atoms with Gasteiger partial charge >= 0.3 is 0 Å². The number of hydrogen-bond donors (Lipinski definition) is 0. The topological polar surface area (TPSA) is 63.7 Å². The van der Waals surface area contributed by atoms with E-state index in [4.69, 9.17) is 10.00 Å². The Labute approximate surface area is 132 Å². The van der Waals surface area contributed by atoms with Gasteiger partial charge in [-0.25, -0.2) is 4.39 Å². The van der Waals surface area contributed by atoms with Crippen molar-refractivity contribution in [1.29, 1.82) is 5.26 Å². The second-order valence-corrected chi connectivity index (χ2v) is 5.95. The third-order valence-corrected chi connectivity index (χ3v) is 4.33. The minimum absolute atomic E-state index is 0.136. The number of nitriles is 1. The quantitative estimate of drug-likeness (QED) is 0.793. The molecule has 0 aliphatic carbocycles. The smallest absolute Gasteiger partial charge is 0.192 e. The molecule has 1 atom stereocenters. The number of rotatable bonds is 5. The highest BCUT2D eigenvalue weighted by atomic mass is 32.2. The first-order valence-corrected chi connectivity index (χ1v) is 8.07. The Morgan fingerprint density at radius 1 is 1.36 bits per heavy atom. The fourth-order valence-corrected chi connectivity index (χ4v) is 3.07. The van der Waals surface area contributed by atoms with E-state index in [0.29, 0.717) is 23.3 Å². The van der Waals surface area contributed by atoms with Crippen LogP contribution in [0.15, 0.2) is 29.4 Å². The molecule has 0 spiro atoms. The molecular formula is C15H15FN4OS.